The smallest absolute Gasteiger partial charge is 0.0171 e. The van der Waals surface area contributed by atoms with E-state index in [0.717, 1.165) is 17.8 Å². The second-order valence-electron chi connectivity index (χ2n) is 7.17. The van der Waals surface area contributed by atoms with Gasteiger partial charge in [-0.3, -0.25) is 0 Å². The van der Waals surface area contributed by atoms with Crippen molar-refractivity contribution in [1.29, 1.82) is 0 Å². The predicted molar refractivity (Wildman–Crippen MR) is 91.8 cm³/mol. The van der Waals surface area contributed by atoms with Gasteiger partial charge in [0.25, 0.3) is 0 Å². The number of rotatable bonds is 2. The summed E-state index contributed by atoms with van der Waals surface area (Å²) in [7, 11) is 0. The molecule has 0 bridgehead atoms. The Labute approximate surface area is 127 Å². The summed E-state index contributed by atoms with van der Waals surface area (Å²) < 4.78 is 0. The van der Waals surface area contributed by atoms with E-state index in [1.165, 1.54) is 56.1 Å². The van der Waals surface area contributed by atoms with Crippen molar-refractivity contribution in [2.75, 3.05) is 0 Å². The third kappa shape index (κ3) is 6.11. The first-order valence-corrected chi connectivity index (χ1v) is 8.36. The standard InChI is InChI=1S/C10H18.C10H16/c2*1-8(2)10-6-4-9(3)5-7-10/h9-10H,1,4-7H2,2-3H3;4,10H,1,5-7H2,2-3H3. The van der Waals surface area contributed by atoms with E-state index in [1.807, 2.05) is 0 Å². The van der Waals surface area contributed by atoms with E-state index in [1.54, 1.807) is 5.57 Å². The molecule has 2 rings (SSSR count). The summed E-state index contributed by atoms with van der Waals surface area (Å²) in [5.41, 5.74) is 4.30. The van der Waals surface area contributed by atoms with Crippen LogP contribution in [0.3, 0.4) is 0 Å². The van der Waals surface area contributed by atoms with E-state index in [2.05, 4.69) is 46.9 Å². The first kappa shape index (κ1) is 17.3. The summed E-state index contributed by atoms with van der Waals surface area (Å²) >= 11 is 0. The van der Waals surface area contributed by atoms with Gasteiger partial charge in [0.15, 0.2) is 0 Å². The molecule has 0 aromatic rings. The Balaban J connectivity index is 0.000000200. The van der Waals surface area contributed by atoms with Gasteiger partial charge in [-0.2, -0.15) is 0 Å². The molecule has 0 N–H and O–H groups in total. The lowest BCUT2D eigenvalue weighted by Gasteiger charge is -2.26. The van der Waals surface area contributed by atoms with Gasteiger partial charge in [-0.15, -0.1) is 0 Å². The van der Waals surface area contributed by atoms with Gasteiger partial charge in [0.1, 0.15) is 0 Å². The van der Waals surface area contributed by atoms with Crippen molar-refractivity contribution in [1.82, 2.24) is 0 Å². The zero-order valence-electron chi connectivity index (χ0n) is 14.2. The molecule has 0 aliphatic heterocycles. The third-order valence-electron chi connectivity index (χ3n) is 5.05. The average molecular weight is 274 g/mol. The molecule has 1 fully saturated rings. The lowest BCUT2D eigenvalue weighted by molar-refractivity contribution is 0.321. The van der Waals surface area contributed by atoms with Crippen LogP contribution in [0.5, 0.6) is 0 Å². The predicted octanol–water partition coefficient (Wildman–Crippen LogP) is 6.70. The van der Waals surface area contributed by atoms with E-state index in [4.69, 9.17) is 0 Å². The van der Waals surface area contributed by atoms with Crippen molar-refractivity contribution in [3.8, 4) is 0 Å². The van der Waals surface area contributed by atoms with Crippen molar-refractivity contribution in [2.45, 2.75) is 72.6 Å². The summed E-state index contributed by atoms with van der Waals surface area (Å²) in [6, 6.07) is 0. The zero-order chi connectivity index (χ0) is 15.1. The Hall–Kier alpha value is -0.780. The van der Waals surface area contributed by atoms with E-state index in [0.29, 0.717) is 0 Å². The van der Waals surface area contributed by atoms with E-state index in [9.17, 15) is 0 Å². The van der Waals surface area contributed by atoms with Gasteiger partial charge in [0.05, 0.1) is 0 Å². The van der Waals surface area contributed by atoms with E-state index >= 15 is 0 Å². The summed E-state index contributed by atoms with van der Waals surface area (Å²) in [4.78, 5) is 0. The number of hydrogen-bond acceptors (Lipinski definition) is 0. The van der Waals surface area contributed by atoms with Crippen molar-refractivity contribution in [3.63, 3.8) is 0 Å². The van der Waals surface area contributed by atoms with E-state index < -0.39 is 0 Å². The minimum Gasteiger partial charge on any atom is -0.0999 e. The van der Waals surface area contributed by atoms with Crippen LogP contribution in [0, 0.1) is 17.8 Å². The summed E-state index contributed by atoms with van der Waals surface area (Å²) in [6.07, 6.45) is 11.8. The Bertz CT molecular complexity index is 350. The minimum absolute atomic E-state index is 0.767. The first-order chi connectivity index (χ1) is 9.40. The highest BCUT2D eigenvalue weighted by Crippen LogP contribution is 2.31. The van der Waals surface area contributed by atoms with Crippen LogP contribution in [0.2, 0.25) is 0 Å². The Morgan fingerprint density at radius 2 is 1.50 bits per heavy atom. The summed E-state index contributed by atoms with van der Waals surface area (Å²) in [5.74, 6) is 2.58. The maximum Gasteiger partial charge on any atom is -0.0171 e. The average Bonchev–Trinajstić information content (AvgIpc) is 2.40. The van der Waals surface area contributed by atoms with Crippen LogP contribution in [-0.4, -0.2) is 0 Å². The SMILES string of the molecule is C=C(C)C1CC=C(C)CC1.C=C(C)C1CCC(C)CC1. The quantitative estimate of drug-likeness (QED) is 0.492. The largest absolute Gasteiger partial charge is 0.0999 e. The third-order valence-corrected chi connectivity index (χ3v) is 5.05. The Morgan fingerprint density at radius 1 is 0.950 bits per heavy atom. The lowest BCUT2D eigenvalue weighted by Crippen LogP contribution is -2.12. The molecule has 0 nitrogen and oxygen atoms in total. The minimum atomic E-state index is 0.767. The molecule has 0 aromatic carbocycles. The fraction of sp³-hybridized carbons (Fsp3) is 0.700. The van der Waals surface area contributed by atoms with Crippen LogP contribution in [-0.2, 0) is 0 Å². The van der Waals surface area contributed by atoms with Gasteiger partial charge in [-0.25, -0.2) is 0 Å². The molecule has 1 atom stereocenters. The maximum atomic E-state index is 4.00. The number of allylic oxidation sites excluding steroid dienone is 4. The van der Waals surface area contributed by atoms with Crippen molar-refractivity contribution in [3.05, 3.63) is 36.0 Å². The number of hydrogen-bond donors (Lipinski definition) is 0. The zero-order valence-corrected chi connectivity index (χ0v) is 14.2. The summed E-state index contributed by atoms with van der Waals surface area (Å²) in [6.45, 7) is 16.9. The molecule has 0 saturated heterocycles. The second-order valence-corrected chi connectivity index (χ2v) is 7.17. The topological polar surface area (TPSA) is 0 Å². The van der Waals surface area contributed by atoms with Crippen LogP contribution < -0.4 is 0 Å². The molecule has 0 radical (unpaired) electrons. The van der Waals surface area contributed by atoms with Crippen LogP contribution in [0.15, 0.2) is 36.0 Å². The van der Waals surface area contributed by atoms with Gasteiger partial charge < -0.3 is 0 Å². The molecule has 0 heterocycles. The van der Waals surface area contributed by atoms with Gasteiger partial charge in [0.2, 0.25) is 0 Å². The maximum absolute atomic E-state index is 4.00. The van der Waals surface area contributed by atoms with Crippen molar-refractivity contribution < 1.29 is 0 Å². The monoisotopic (exact) mass is 274 g/mol. The van der Waals surface area contributed by atoms with Gasteiger partial charge in [-0.1, -0.05) is 55.7 Å². The molecular weight excluding hydrogens is 240 g/mol. The van der Waals surface area contributed by atoms with Crippen LogP contribution in [0.4, 0.5) is 0 Å². The van der Waals surface area contributed by atoms with Crippen LogP contribution in [0.25, 0.3) is 0 Å². The molecule has 114 valence electrons. The fourth-order valence-corrected chi connectivity index (χ4v) is 3.17. The summed E-state index contributed by atoms with van der Waals surface area (Å²) in [5, 5.41) is 0. The van der Waals surface area contributed by atoms with Crippen molar-refractivity contribution >= 4 is 0 Å². The normalized spacial score (nSPS) is 29.8. The van der Waals surface area contributed by atoms with E-state index in [-0.39, 0.29) is 0 Å². The molecule has 0 heteroatoms. The van der Waals surface area contributed by atoms with Crippen molar-refractivity contribution in [2.24, 2.45) is 17.8 Å². The highest BCUT2D eigenvalue weighted by molar-refractivity contribution is 5.09. The van der Waals surface area contributed by atoms with Crippen LogP contribution >= 0.6 is 0 Å². The molecule has 0 aromatic heterocycles. The first-order valence-electron chi connectivity index (χ1n) is 8.36. The molecule has 2 aliphatic carbocycles. The lowest BCUT2D eigenvalue weighted by atomic mass is 9.80. The molecule has 1 saturated carbocycles. The molecular formula is C20H34. The van der Waals surface area contributed by atoms with Gasteiger partial charge >= 0.3 is 0 Å². The molecule has 2 aliphatic rings. The Kier molecular flexibility index (Phi) is 7.34. The second kappa shape index (κ2) is 8.49. The molecule has 20 heavy (non-hydrogen) atoms. The molecule has 1 unspecified atom stereocenters. The highest BCUT2D eigenvalue weighted by atomic mass is 14.2. The fourth-order valence-electron chi connectivity index (χ4n) is 3.17. The van der Waals surface area contributed by atoms with Crippen LogP contribution in [0.1, 0.15) is 72.6 Å². The highest BCUT2D eigenvalue weighted by Gasteiger charge is 2.17. The molecule has 0 amide bonds. The van der Waals surface area contributed by atoms with Gasteiger partial charge in [0, 0.05) is 0 Å². The molecule has 0 spiro atoms. The Morgan fingerprint density at radius 3 is 1.90 bits per heavy atom. The van der Waals surface area contributed by atoms with Gasteiger partial charge in [-0.05, 0) is 70.6 Å².